The van der Waals surface area contributed by atoms with Gasteiger partial charge in [0.05, 0.1) is 4.90 Å². The summed E-state index contributed by atoms with van der Waals surface area (Å²) in [6, 6.07) is 10.2. The van der Waals surface area contributed by atoms with Crippen LogP contribution in [0.1, 0.15) is 41.8 Å². The molecule has 0 radical (unpaired) electrons. The lowest BCUT2D eigenvalue weighted by atomic mass is 10.0. The molecule has 4 N–H and O–H groups in total. The quantitative estimate of drug-likeness (QED) is 0.612. The van der Waals surface area contributed by atoms with Crippen LogP contribution in [-0.4, -0.2) is 26.3 Å². The fourth-order valence-corrected chi connectivity index (χ4v) is 4.11. The summed E-state index contributed by atoms with van der Waals surface area (Å²) in [6.07, 6.45) is 0.329. The zero-order chi connectivity index (χ0) is 21.8. The van der Waals surface area contributed by atoms with Crippen molar-refractivity contribution in [3.63, 3.8) is 0 Å². The number of hydrogen-bond donors (Lipinski definition) is 3. The Hall–Kier alpha value is -2.71. The van der Waals surface area contributed by atoms with Crippen molar-refractivity contribution in [3.8, 4) is 0 Å². The van der Waals surface area contributed by atoms with Crippen LogP contribution in [0.25, 0.3) is 0 Å². The highest BCUT2D eigenvalue weighted by Crippen LogP contribution is 2.18. The Balaban J connectivity index is 2.23. The molecule has 1 unspecified atom stereocenters. The molecular formula is C21H27N3O4S. The highest BCUT2D eigenvalue weighted by Gasteiger charge is 2.26. The molecule has 1 atom stereocenters. The summed E-state index contributed by atoms with van der Waals surface area (Å²) in [5.74, 6) is -0.935. The molecule has 2 aromatic carbocycles. The maximum Gasteiger partial charge on any atom is 0.248 e. The normalized spacial score (nSPS) is 12.6. The molecule has 0 aliphatic heterocycles. The molecule has 0 aromatic heterocycles. The van der Waals surface area contributed by atoms with Crippen molar-refractivity contribution in [2.45, 2.75) is 45.1 Å². The first kappa shape index (κ1) is 22.6. The Morgan fingerprint density at radius 1 is 1.03 bits per heavy atom. The Morgan fingerprint density at radius 2 is 1.66 bits per heavy atom. The first-order valence-electron chi connectivity index (χ1n) is 9.30. The van der Waals surface area contributed by atoms with Gasteiger partial charge in [-0.1, -0.05) is 31.5 Å². The molecule has 0 fully saturated rings. The molecular weight excluding hydrogens is 390 g/mol. The number of amides is 2. The Bertz CT molecular complexity index is 999. The van der Waals surface area contributed by atoms with Crippen LogP contribution in [0.4, 0.5) is 5.69 Å². The van der Waals surface area contributed by atoms with Crippen LogP contribution in [-0.2, 0) is 14.8 Å². The van der Waals surface area contributed by atoms with Gasteiger partial charge >= 0.3 is 0 Å². The number of carbonyl (C=O) groups is 2. The minimum Gasteiger partial charge on any atom is -0.366 e. The number of primary amides is 1. The second kappa shape index (κ2) is 9.19. The van der Waals surface area contributed by atoms with Crippen molar-refractivity contribution in [3.05, 3.63) is 59.2 Å². The average Bonchev–Trinajstić information content (AvgIpc) is 2.60. The SMILES string of the molecule is Cc1ccc(S(=O)(=O)NC(CC(C)C)C(=O)Nc2ccc(C(N)=O)c(C)c2)cc1. The topological polar surface area (TPSA) is 118 Å². The van der Waals surface area contributed by atoms with E-state index in [0.29, 0.717) is 23.2 Å². The molecule has 0 bridgehead atoms. The first-order valence-corrected chi connectivity index (χ1v) is 10.8. The fourth-order valence-electron chi connectivity index (χ4n) is 2.90. The van der Waals surface area contributed by atoms with E-state index < -0.39 is 27.9 Å². The monoisotopic (exact) mass is 417 g/mol. The molecule has 7 nitrogen and oxygen atoms in total. The predicted octanol–water partition coefficient (Wildman–Crippen LogP) is 2.73. The zero-order valence-electron chi connectivity index (χ0n) is 17.0. The largest absolute Gasteiger partial charge is 0.366 e. The summed E-state index contributed by atoms with van der Waals surface area (Å²) < 4.78 is 28.0. The first-order chi connectivity index (χ1) is 13.5. The van der Waals surface area contributed by atoms with Gasteiger partial charge in [-0.05, 0) is 62.1 Å². The van der Waals surface area contributed by atoms with Gasteiger partial charge in [-0.3, -0.25) is 9.59 Å². The number of hydrogen-bond acceptors (Lipinski definition) is 4. The Labute approximate surface area is 171 Å². The maximum atomic E-state index is 12.8. The summed E-state index contributed by atoms with van der Waals surface area (Å²) in [7, 11) is -3.86. The van der Waals surface area contributed by atoms with E-state index in [-0.39, 0.29) is 10.8 Å². The minimum absolute atomic E-state index is 0.0884. The van der Waals surface area contributed by atoms with E-state index in [1.54, 1.807) is 31.2 Å². The molecule has 0 aliphatic rings. The van der Waals surface area contributed by atoms with Gasteiger partial charge in [0.25, 0.3) is 0 Å². The lowest BCUT2D eigenvalue weighted by molar-refractivity contribution is -0.118. The molecule has 8 heteroatoms. The van der Waals surface area contributed by atoms with Crippen molar-refractivity contribution in [1.82, 2.24) is 4.72 Å². The third-order valence-corrected chi connectivity index (χ3v) is 5.90. The summed E-state index contributed by atoms with van der Waals surface area (Å²) in [5.41, 5.74) is 7.68. The highest BCUT2D eigenvalue weighted by molar-refractivity contribution is 7.89. The van der Waals surface area contributed by atoms with E-state index in [4.69, 9.17) is 5.73 Å². The van der Waals surface area contributed by atoms with Gasteiger partial charge in [-0.25, -0.2) is 8.42 Å². The molecule has 0 heterocycles. The van der Waals surface area contributed by atoms with Crippen LogP contribution < -0.4 is 15.8 Å². The van der Waals surface area contributed by atoms with E-state index in [2.05, 4.69) is 10.0 Å². The zero-order valence-corrected chi connectivity index (χ0v) is 17.8. The van der Waals surface area contributed by atoms with E-state index in [1.165, 1.54) is 18.2 Å². The molecule has 0 saturated carbocycles. The van der Waals surface area contributed by atoms with Gasteiger partial charge in [0, 0.05) is 11.3 Å². The van der Waals surface area contributed by atoms with Crippen LogP contribution >= 0.6 is 0 Å². The van der Waals surface area contributed by atoms with Crippen molar-refractivity contribution in [2.75, 3.05) is 5.32 Å². The number of benzene rings is 2. The number of sulfonamides is 1. The lowest BCUT2D eigenvalue weighted by Gasteiger charge is -2.20. The highest BCUT2D eigenvalue weighted by atomic mass is 32.2. The summed E-state index contributed by atoms with van der Waals surface area (Å²) in [6.45, 7) is 7.39. The van der Waals surface area contributed by atoms with Crippen LogP contribution in [0.2, 0.25) is 0 Å². The van der Waals surface area contributed by atoms with Crippen molar-refractivity contribution in [1.29, 1.82) is 0 Å². The van der Waals surface area contributed by atoms with Crippen LogP contribution in [0.15, 0.2) is 47.4 Å². The number of rotatable bonds is 8. The molecule has 29 heavy (non-hydrogen) atoms. The fraction of sp³-hybridized carbons (Fsp3) is 0.333. The average molecular weight is 418 g/mol. The predicted molar refractivity (Wildman–Crippen MR) is 113 cm³/mol. The van der Waals surface area contributed by atoms with Gasteiger partial charge in [0.1, 0.15) is 6.04 Å². The molecule has 2 rings (SSSR count). The van der Waals surface area contributed by atoms with Crippen LogP contribution in [0, 0.1) is 19.8 Å². The number of nitrogens with one attached hydrogen (secondary N) is 2. The second-order valence-electron chi connectivity index (χ2n) is 7.50. The minimum atomic E-state index is -3.86. The van der Waals surface area contributed by atoms with E-state index in [9.17, 15) is 18.0 Å². The molecule has 2 amide bonds. The molecule has 156 valence electrons. The third kappa shape index (κ3) is 6.13. The number of carbonyl (C=O) groups excluding carboxylic acids is 2. The van der Waals surface area contributed by atoms with Gasteiger partial charge in [-0.15, -0.1) is 0 Å². The van der Waals surface area contributed by atoms with Gasteiger partial charge in [0.2, 0.25) is 21.8 Å². The van der Waals surface area contributed by atoms with Crippen molar-refractivity contribution in [2.24, 2.45) is 11.7 Å². The van der Waals surface area contributed by atoms with Crippen molar-refractivity contribution < 1.29 is 18.0 Å². The number of anilines is 1. The van der Waals surface area contributed by atoms with E-state index in [0.717, 1.165) is 5.56 Å². The standard InChI is InChI=1S/C21H27N3O4S/c1-13(2)11-19(24-29(27,28)17-8-5-14(3)6-9-17)21(26)23-16-7-10-18(20(22)25)15(4)12-16/h5-10,12-13,19,24H,11H2,1-4H3,(H2,22,25)(H,23,26). The number of nitrogens with two attached hydrogens (primary N) is 1. The third-order valence-electron chi connectivity index (χ3n) is 4.41. The van der Waals surface area contributed by atoms with Crippen LogP contribution in [0.3, 0.4) is 0 Å². The molecule has 0 saturated heterocycles. The van der Waals surface area contributed by atoms with Crippen LogP contribution in [0.5, 0.6) is 0 Å². The second-order valence-corrected chi connectivity index (χ2v) is 9.21. The summed E-state index contributed by atoms with van der Waals surface area (Å²) in [4.78, 5) is 24.3. The van der Waals surface area contributed by atoms with E-state index >= 15 is 0 Å². The Morgan fingerprint density at radius 3 is 2.17 bits per heavy atom. The van der Waals surface area contributed by atoms with Gasteiger partial charge in [-0.2, -0.15) is 4.72 Å². The van der Waals surface area contributed by atoms with E-state index in [1.807, 2.05) is 20.8 Å². The smallest absolute Gasteiger partial charge is 0.248 e. The van der Waals surface area contributed by atoms with Crippen molar-refractivity contribution >= 4 is 27.5 Å². The molecule has 2 aromatic rings. The van der Waals surface area contributed by atoms with Gasteiger partial charge < -0.3 is 11.1 Å². The maximum absolute atomic E-state index is 12.8. The Kier molecular flexibility index (Phi) is 7.16. The molecule has 0 spiro atoms. The summed E-state index contributed by atoms with van der Waals surface area (Å²) in [5, 5.41) is 2.72. The lowest BCUT2D eigenvalue weighted by Crippen LogP contribution is -2.44. The molecule has 0 aliphatic carbocycles. The summed E-state index contributed by atoms with van der Waals surface area (Å²) >= 11 is 0. The van der Waals surface area contributed by atoms with Gasteiger partial charge in [0.15, 0.2) is 0 Å². The number of aryl methyl sites for hydroxylation is 2.